The quantitative estimate of drug-likeness (QED) is 0.865. The van der Waals surface area contributed by atoms with Crippen LogP contribution in [0.5, 0.6) is 0 Å². The number of hydrogen-bond donors (Lipinski definition) is 1. The smallest absolute Gasteiger partial charge is 0.116 e. The first kappa shape index (κ1) is 11.5. The molecular weight excluding hydrogens is 218 g/mol. The molecule has 0 aliphatic carbocycles. The third-order valence-corrected chi connectivity index (χ3v) is 3.51. The van der Waals surface area contributed by atoms with E-state index >= 15 is 0 Å². The van der Waals surface area contributed by atoms with E-state index in [0.29, 0.717) is 6.04 Å². The lowest BCUT2D eigenvalue weighted by atomic mass is 10.1. The van der Waals surface area contributed by atoms with Crippen molar-refractivity contribution >= 4 is 21.6 Å². The number of rotatable bonds is 5. The van der Waals surface area contributed by atoms with Crippen molar-refractivity contribution in [2.45, 2.75) is 32.7 Å². The minimum atomic E-state index is 0.472. The Hall–Kier alpha value is -1.000. The number of thiophene rings is 1. The fourth-order valence-corrected chi connectivity index (χ4v) is 2.58. The lowest BCUT2D eigenvalue weighted by Gasteiger charge is -2.12. The Morgan fingerprint density at radius 2 is 2.31 bits per heavy atom. The standard InChI is InChI=1S/C12H17N3S/c1-3-5-13-9(2)7-11-12-10(4-6-16-12)14-8-15-11/h4,6,8-9,13H,3,5,7H2,1-2H3. The lowest BCUT2D eigenvalue weighted by molar-refractivity contribution is 0.540. The van der Waals surface area contributed by atoms with Gasteiger partial charge in [-0.2, -0.15) is 0 Å². The van der Waals surface area contributed by atoms with E-state index in [-0.39, 0.29) is 0 Å². The van der Waals surface area contributed by atoms with Gasteiger partial charge < -0.3 is 5.32 Å². The second-order valence-corrected chi connectivity index (χ2v) is 4.93. The van der Waals surface area contributed by atoms with Gasteiger partial charge in [-0.3, -0.25) is 0 Å². The van der Waals surface area contributed by atoms with Crippen LogP contribution in [0.3, 0.4) is 0 Å². The van der Waals surface area contributed by atoms with Crippen molar-refractivity contribution in [2.24, 2.45) is 0 Å². The zero-order valence-corrected chi connectivity index (χ0v) is 10.5. The van der Waals surface area contributed by atoms with E-state index < -0.39 is 0 Å². The molecule has 0 spiro atoms. The molecular formula is C12H17N3S. The summed E-state index contributed by atoms with van der Waals surface area (Å²) in [5, 5.41) is 5.56. The first-order chi connectivity index (χ1) is 7.81. The second kappa shape index (κ2) is 5.37. The zero-order chi connectivity index (χ0) is 11.4. The van der Waals surface area contributed by atoms with E-state index in [9.17, 15) is 0 Å². The van der Waals surface area contributed by atoms with Gasteiger partial charge in [0.25, 0.3) is 0 Å². The first-order valence-corrected chi connectivity index (χ1v) is 6.59. The summed E-state index contributed by atoms with van der Waals surface area (Å²) < 4.78 is 1.23. The molecule has 4 heteroatoms. The second-order valence-electron chi connectivity index (χ2n) is 4.01. The third-order valence-electron chi connectivity index (χ3n) is 2.56. The third kappa shape index (κ3) is 2.57. The molecule has 2 aromatic rings. The van der Waals surface area contributed by atoms with Crippen molar-refractivity contribution in [3.05, 3.63) is 23.5 Å². The van der Waals surface area contributed by atoms with Crippen LogP contribution in [0.15, 0.2) is 17.8 Å². The van der Waals surface area contributed by atoms with Crippen molar-refractivity contribution in [3.8, 4) is 0 Å². The molecule has 0 aromatic carbocycles. The monoisotopic (exact) mass is 235 g/mol. The van der Waals surface area contributed by atoms with Gasteiger partial charge in [0.1, 0.15) is 6.33 Å². The topological polar surface area (TPSA) is 37.8 Å². The minimum Gasteiger partial charge on any atom is -0.314 e. The lowest BCUT2D eigenvalue weighted by Crippen LogP contribution is -2.29. The molecule has 1 atom stereocenters. The summed E-state index contributed by atoms with van der Waals surface area (Å²) in [6, 6.07) is 2.52. The normalized spacial score (nSPS) is 13.1. The molecule has 0 saturated carbocycles. The van der Waals surface area contributed by atoms with Gasteiger partial charge in [0.2, 0.25) is 0 Å². The fourth-order valence-electron chi connectivity index (χ4n) is 1.74. The Labute approximate surface area is 99.9 Å². The summed E-state index contributed by atoms with van der Waals surface area (Å²) in [6.07, 6.45) is 3.80. The van der Waals surface area contributed by atoms with Crippen molar-refractivity contribution in [3.63, 3.8) is 0 Å². The Balaban J connectivity index is 2.11. The molecule has 0 saturated heterocycles. The highest BCUT2D eigenvalue weighted by Gasteiger charge is 2.08. The van der Waals surface area contributed by atoms with Crippen LogP contribution in [-0.4, -0.2) is 22.6 Å². The van der Waals surface area contributed by atoms with Crippen LogP contribution in [0.1, 0.15) is 26.0 Å². The van der Waals surface area contributed by atoms with Gasteiger partial charge >= 0.3 is 0 Å². The Bertz CT molecular complexity index is 452. The maximum atomic E-state index is 4.39. The van der Waals surface area contributed by atoms with E-state index in [0.717, 1.165) is 24.2 Å². The highest BCUT2D eigenvalue weighted by Crippen LogP contribution is 2.21. The number of nitrogens with zero attached hydrogens (tertiary/aromatic N) is 2. The SMILES string of the molecule is CCCNC(C)Cc1ncnc2ccsc12. The first-order valence-electron chi connectivity index (χ1n) is 5.71. The number of aromatic nitrogens is 2. The molecule has 0 aliphatic rings. The number of hydrogen-bond acceptors (Lipinski definition) is 4. The summed E-state index contributed by atoms with van der Waals surface area (Å²) >= 11 is 1.73. The van der Waals surface area contributed by atoms with Crippen LogP contribution in [0.25, 0.3) is 10.2 Å². The van der Waals surface area contributed by atoms with Gasteiger partial charge in [0.05, 0.1) is 15.9 Å². The maximum Gasteiger partial charge on any atom is 0.116 e. The Morgan fingerprint density at radius 1 is 1.44 bits per heavy atom. The number of nitrogens with one attached hydrogen (secondary N) is 1. The summed E-state index contributed by atoms with van der Waals surface area (Å²) in [4.78, 5) is 8.64. The molecule has 2 aromatic heterocycles. The molecule has 2 heterocycles. The zero-order valence-electron chi connectivity index (χ0n) is 9.73. The van der Waals surface area contributed by atoms with Crippen molar-refractivity contribution in [1.29, 1.82) is 0 Å². The molecule has 0 amide bonds. The molecule has 0 aliphatic heterocycles. The summed E-state index contributed by atoms with van der Waals surface area (Å²) in [5.41, 5.74) is 2.23. The van der Waals surface area contributed by atoms with Crippen LogP contribution in [-0.2, 0) is 6.42 Å². The molecule has 1 unspecified atom stereocenters. The largest absolute Gasteiger partial charge is 0.314 e. The Morgan fingerprint density at radius 3 is 3.12 bits per heavy atom. The van der Waals surface area contributed by atoms with Crippen LogP contribution in [0.4, 0.5) is 0 Å². The van der Waals surface area contributed by atoms with E-state index in [1.165, 1.54) is 11.1 Å². The van der Waals surface area contributed by atoms with E-state index in [1.807, 2.05) is 0 Å². The van der Waals surface area contributed by atoms with Crippen molar-refractivity contribution < 1.29 is 0 Å². The average molecular weight is 235 g/mol. The van der Waals surface area contributed by atoms with E-state index in [4.69, 9.17) is 0 Å². The number of fused-ring (bicyclic) bond motifs is 1. The predicted octanol–water partition coefficient (Wildman–Crippen LogP) is 2.62. The van der Waals surface area contributed by atoms with Gasteiger partial charge in [0, 0.05) is 12.5 Å². The van der Waals surface area contributed by atoms with Crippen LogP contribution in [0.2, 0.25) is 0 Å². The molecule has 86 valence electrons. The van der Waals surface area contributed by atoms with E-state index in [2.05, 4.69) is 40.6 Å². The molecule has 0 bridgehead atoms. The highest BCUT2D eigenvalue weighted by atomic mass is 32.1. The van der Waals surface area contributed by atoms with Gasteiger partial charge in [-0.1, -0.05) is 6.92 Å². The van der Waals surface area contributed by atoms with Gasteiger partial charge in [0.15, 0.2) is 0 Å². The fraction of sp³-hybridized carbons (Fsp3) is 0.500. The van der Waals surface area contributed by atoms with Crippen molar-refractivity contribution in [1.82, 2.24) is 15.3 Å². The minimum absolute atomic E-state index is 0.472. The summed E-state index contributed by atoms with van der Waals surface area (Å²) in [5.74, 6) is 0. The van der Waals surface area contributed by atoms with Crippen LogP contribution in [0, 0.1) is 0 Å². The average Bonchev–Trinajstić information content (AvgIpc) is 2.75. The Kier molecular flexibility index (Phi) is 3.85. The summed E-state index contributed by atoms with van der Waals surface area (Å²) in [7, 11) is 0. The molecule has 0 fully saturated rings. The maximum absolute atomic E-state index is 4.39. The molecule has 16 heavy (non-hydrogen) atoms. The van der Waals surface area contributed by atoms with Crippen LogP contribution < -0.4 is 5.32 Å². The van der Waals surface area contributed by atoms with Crippen LogP contribution >= 0.6 is 11.3 Å². The molecule has 2 rings (SSSR count). The molecule has 1 N–H and O–H groups in total. The van der Waals surface area contributed by atoms with Gasteiger partial charge in [-0.05, 0) is 31.3 Å². The predicted molar refractivity (Wildman–Crippen MR) is 68.9 cm³/mol. The van der Waals surface area contributed by atoms with Gasteiger partial charge in [-0.15, -0.1) is 11.3 Å². The van der Waals surface area contributed by atoms with E-state index in [1.54, 1.807) is 17.7 Å². The summed E-state index contributed by atoms with van der Waals surface area (Å²) in [6.45, 7) is 5.46. The van der Waals surface area contributed by atoms with Crippen molar-refractivity contribution in [2.75, 3.05) is 6.54 Å². The molecule has 0 radical (unpaired) electrons. The highest BCUT2D eigenvalue weighted by molar-refractivity contribution is 7.17. The van der Waals surface area contributed by atoms with Gasteiger partial charge in [-0.25, -0.2) is 9.97 Å². The molecule has 3 nitrogen and oxygen atoms in total.